The predicted octanol–water partition coefficient (Wildman–Crippen LogP) is 2.04. The number of aromatic hydroxyl groups is 1. The number of hydrogen-bond acceptors (Lipinski definition) is 5. The molecule has 2 rings (SSSR count). The Hall–Kier alpha value is -1.40. The van der Waals surface area contributed by atoms with Gasteiger partial charge in [0.15, 0.2) is 15.5 Å². The van der Waals surface area contributed by atoms with Gasteiger partial charge in [0, 0.05) is 17.8 Å². The number of benzene rings is 1. The number of hydrogen-bond donors (Lipinski definition) is 1. The highest BCUT2D eigenvalue weighted by Gasteiger charge is 2.09. The highest BCUT2D eigenvalue weighted by Crippen LogP contribution is 2.31. The molecule has 0 radical (unpaired) electrons. The zero-order valence-corrected chi connectivity index (χ0v) is 10.3. The molecule has 0 saturated carbocycles. The van der Waals surface area contributed by atoms with E-state index in [0.29, 0.717) is 19.8 Å². The van der Waals surface area contributed by atoms with Crippen LogP contribution in [0.15, 0.2) is 16.9 Å². The smallest absolute Gasteiger partial charge is 0.260 e. The van der Waals surface area contributed by atoms with Gasteiger partial charge in [0.25, 0.3) is 5.56 Å². The van der Waals surface area contributed by atoms with Crippen LogP contribution in [0.1, 0.15) is 0 Å². The average molecular weight is 255 g/mol. The maximum absolute atomic E-state index is 11.9. The second-order valence-corrected chi connectivity index (χ2v) is 4.93. The van der Waals surface area contributed by atoms with Crippen LogP contribution in [0.2, 0.25) is 0 Å². The minimum atomic E-state index is -0.211. The van der Waals surface area contributed by atoms with Crippen LogP contribution in [-0.2, 0) is 7.05 Å². The summed E-state index contributed by atoms with van der Waals surface area (Å²) in [6.07, 6.45) is 0. The molecule has 16 heavy (non-hydrogen) atoms. The van der Waals surface area contributed by atoms with E-state index in [1.807, 2.05) is 0 Å². The Morgan fingerprint density at radius 3 is 2.81 bits per heavy atom. The second-order valence-electron chi connectivity index (χ2n) is 3.25. The van der Waals surface area contributed by atoms with Crippen LogP contribution in [0.4, 0.5) is 0 Å². The van der Waals surface area contributed by atoms with Gasteiger partial charge in [0.2, 0.25) is 0 Å². The molecule has 0 aliphatic rings. The van der Waals surface area contributed by atoms with E-state index >= 15 is 0 Å². The fourth-order valence-electron chi connectivity index (χ4n) is 1.39. The summed E-state index contributed by atoms with van der Waals surface area (Å²) < 4.78 is 7.56. The molecule has 0 unspecified atom stereocenters. The molecule has 1 N–H and O–H groups in total. The SMILES string of the molecule is COc1cc2sc(=S)n(C)c(=O)c2cc1O. The lowest BCUT2D eigenvalue weighted by atomic mass is 10.2. The van der Waals surface area contributed by atoms with Crippen LogP contribution in [0.3, 0.4) is 0 Å². The van der Waals surface area contributed by atoms with Crippen LogP contribution in [-0.4, -0.2) is 16.8 Å². The summed E-state index contributed by atoms with van der Waals surface area (Å²) in [5, 5.41) is 10.0. The van der Waals surface area contributed by atoms with Crippen molar-refractivity contribution in [1.82, 2.24) is 4.57 Å². The maximum atomic E-state index is 11.9. The lowest BCUT2D eigenvalue weighted by Crippen LogP contribution is -2.15. The summed E-state index contributed by atoms with van der Waals surface area (Å²) in [5.74, 6) is 0.294. The van der Waals surface area contributed by atoms with Crippen LogP contribution in [0.25, 0.3) is 10.1 Å². The summed E-state index contributed by atoms with van der Waals surface area (Å²) in [7, 11) is 3.07. The van der Waals surface area contributed by atoms with Crippen molar-refractivity contribution in [1.29, 1.82) is 0 Å². The number of fused-ring (bicyclic) bond motifs is 1. The van der Waals surface area contributed by atoms with Gasteiger partial charge in [-0.05, 0) is 18.3 Å². The predicted molar refractivity (Wildman–Crippen MR) is 66.1 cm³/mol. The van der Waals surface area contributed by atoms with Crippen LogP contribution in [0.5, 0.6) is 11.5 Å². The monoisotopic (exact) mass is 255 g/mol. The van der Waals surface area contributed by atoms with Gasteiger partial charge in [-0.3, -0.25) is 9.36 Å². The van der Waals surface area contributed by atoms with E-state index in [4.69, 9.17) is 17.0 Å². The minimum Gasteiger partial charge on any atom is -0.504 e. The van der Waals surface area contributed by atoms with Crippen molar-refractivity contribution >= 4 is 33.6 Å². The molecule has 0 aliphatic carbocycles. The number of methoxy groups -OCH3 is 1. The molecule has 1 heterocycles. The molecule has 4 nitrogen and oxygen atoms in total. The number of nitrogens with zero attached hydrogens (tertiary/aromatic N) is 1. The zero-order valence-electron chi connectivity index (χ0n) is 8.68. The Balaban J connectivity index is 2.98. The van der Waals surface area contributed by atoms with Gasteiger partial charge in [-0.1, -0.05) is 0 Å². The van der Waals surface area contributed by atoms with Gasteiger partial charge < -0.3 is 9.84 Å². The third-order valence-electron chi connectivity index (χ3n) is 2.29. The number of phenolic OH excluding ortho intramolecular Hbond substituents is 1. The molecule has 0 spiro atoms. The van der Waals surface area contributed by atoms with Crippen LogP contribution >= 0.6 is 23.6 Å². The van der Waals surface area contributed by atoms with E-state index in [1.54, 1.807) is 13.1 Å². The standard InChI is InChI=1S/C10H9NO3S2/c1-11-9(13)5-3-6(12)7(14-2)4-8(5)16-10(11)15/h3-4,12H,1-2H3. The lowest BCUT2D eigenvalue weighted by molar-refractivity contribution is 0.374. The number of rotatable bonds is 1. The van der Waals surface area contributed by atoms with E-state index in [2.05, 4.69) is 0 Å². The van der Waals surface area contributed by atoms with Crippen LogP contribution < -0.4 is 10.3 Å². The molecule has 84 valence electrons. The van der Waals surface area contributed by atoms with Gasteiger partial charge in [-0.25, -0.2) is 0 Å². The molecule has 0 aliphatic heterocycles. The molecule has 0 fully saturated rings. The second kappa shape index (κ2) is 3.88. The molecule has 0 amide bonds. The molecule has 1 aromatic heterocycles. The van der Waals surface area contributed by atoms with Crippen molar-refractivity contribution in [2.75, 3.05) is 7.11 Å². The topological polar surface area (TPSA) is 51.5 Å². The molecule has 0 saturated heterocycles. The van der Waals surface area contributed by atoms with Crippen molar-refractivity contribution in [2.24, 2.45) is 7.05 Å². The van der Waals surface area contributed by atoms with Gasteiger partial charge in [0.05, 0.1) is 12.5 Å². The summed E-state index contributed by atoms with van der Waals surface area (Å²) >= 11 is 6.37. The average Bonchev–Trinajstić information content (AvgIpc) is 2.27. The van der Waals surface area contributed by atoms with Crippen molar-refractivity contribution in [3.63, 3.8) is 0 Å². The molecular weight excluding hydrogens is 246 g/mol. The quantitative estimate of drug-likeness (QED) is 0.792. The maximum Gasteiger partial charge on any atom is 0.260 e. The first kappa shape index (κ1) is 11.1. The Bertz CT molecular complexity index is 672. The number of aromatic nitrogens is 1. The summed E-state index contributed by atoms with van der Waals surface area (Å²) in [5.41, 5.74) is -0.211. The van der Waals surface area contributed by atoms with E-state index in [1.165, 1.54) is 29.1 Å². The van der Waals surface area contributed by atoms with E-state index in [-0.39, 0.29) is 11.3 Å². The van der Waals surface area contributed by atoms with E-state index < -0.39 is 0 Å². The highest BCUT2D eigenvalue weighted by molar-refractivity contribution is 7.73. The molecule has 6 heteroatoms. The molecule has 2 aromatic rings. The molecular formula is C10H9NO3S2. The van der Waals surface area contributed by atoms with Crippen LogP contribution in [0, 0.1) is 3.95 Å². The number of phenols is 1. The third-order valence-corrected chi connectivity index (χ3v) is 3.82. The van der Waals surface area contributed by atoms with Gasteiger partial charge >= 0.3 is 0 Å². The first-order valence-corrected chi connectivity index (χ1v) is 5.68. The first-order chi connectivity index (χ1) is 7.54. The van der Waals surface area contributed by atoms with Gasteiger partial charge in [0.1, 0.15) is 0 Å². The first-order valence-electron chi connectivity index (χ1n) is 4.45. The Morgan fingerprint density at radius 2 is 2.19 bits per heavy atom. The number of ether oxygens (including phenoxy) is 1. The Labute approximate surface area is 100 Å². The molecule has 1 aromatic carbocycles. The fraction of sp³-hybridized carbons (Fsp3) is 0.200. The lowest BCUT2D eigenvalue weighted by Gasteiger charge is -2.05. The molecule has 0 bridgehead atoms. The highest BCUT2D eigenvalue weighted by atomic mass is 32.1. The Morgan fingerprint density at radius 1 is 1.50 bits per heavy atom. The largest absolute Gasteiger partial charge is 0.504 e. The van der Waals surface area contributed by atoms with Crippen molar-refractivity contribution in [2.45, 2.75) is 0 Å². The van der Waals surface area contributed by atoms with Crippen molar-refractivity contribution in [3.8, 4) is 11.5 Å². The zero-order chi connectivity index (χ0) is 11.9. The minimum absolute atomic E-state index is 0.0450. The fourth-order valence-corrected chi connectivity index (χ4v) is 2.57. The summed E-state index contributed by atoms with van der Waals surface area (Å²) in [6, 6.07) is 3.02. The Kier molecular flexibility index (Phi) is 2.69. The van der Waals surface area contributed by atoms with E-state index in [9.17, 15) is 9.90 Å². The van der Waals surface area contributed by atoms with Crippen molar-refractivity contribution in [3.05, 3.63) is 26.4 Å². The summed E-state index contributed by atoms with van der Waals surface area (Å²) in [6.45, 7) is 0. The van der Waals surface area contributed by atoms with Gasteiger partial charge in [-0.2, -0.15) is 0 Å². The third kappa shape index (κ3) is 1.60. The van der Waals surface area contributed by atoms with E-state index in [0.717, 1.165) is 0 Å². The molecule has 0 atom stereocenters. The normalized spacial score (nSPS) is 10.6. The summed E-state index contributed by atoms with van der Waals surface area (Å²) in [4.78, 5) is 11.9. The van der Waals surface area contributed by atoms with Gasteiger partial charge in [-0.15, -0.1) is 11.3 Å². The van der Waals surface area contributed by atoms with Crippen molar-refractivity contribution < 1.29 is 9.84 Å².